The molecule has 0 saturated heterocycles. The molecule has 0 fully saturated rings. The Balaban J connectivity index is 2.62. The van der Waals surface area contributed by atoms with Crippen molar-refractivity contribution < 1.29 is 14.6 Å². The molecule has 5 heteroatoms. The second kappa shape index (κ2) is 5.18. The Morgan fingerprint density at radius 3 is 2.78 bits per heavy atom. The van der Waals surface area contributed by atoms with Crippen molar-refractivity contribution in [1.29, 1.82) is 0 Å². The lowest BCUT2D eigenvalue weighted by Gasteiger charge is -2.06. The van der Waals surface area contributed by atoms with Gasteiger partial charge in [0.15, 0.2) is 5.69 Å². The second-order valence-corrected chi connectivity index (χ2v) is 4.73. The molecular weight excluding hydrogens is 250 g/mol. The van der Waals surface area contributed by atoms with Crippen LogP contribution in [0.1, 0.15) is 22.4 Å². The second-order valence-electron chi connectivity index (χ2n) is 3.64. The SMILES string of the molecule is CCc1nc(C(=O)O)c(-c2ccccc2OC)s1. The van der Waals surface area contributed by atoms with Gasteiger partial charge >= 0.3 is 5.97 Å². The summed E-state index contributed by atoms with van der Waals surface area (Å²) in [5.74, 6) is -0.349. The van der Waals surface area contributed by atoms with Gasteiger partial charge in [-0.05, 0) is 18.6 Å². The molecule has 0 aliphatic carbocycles. The van der Waals surface area contributed by atoms with Gasteiger partial charge in [0.1, 0.15) is 5.75 Å². The predicted octanol–water partition coefficient (Wildman–Crippen LogP) is 3.08. The third-order valence-electron chi connectivity index (χ3n) is 2.53. The number of carboxylic acid groups (broad SMARTS) is 1. The summed E-state index contributed by atoms with van der Waals surface area (Å²) in [5, 5.41) is 10.0. The molecule has 2 aromatic rings. The van der Waals surface area contributed by atoms with E-state index in [-0.39, 0.29) is 5.69 Å². The highest BCUT2D eigenvalue weighted by atomic mass is 32.1. The molecule has 2 rings (SSSR count). The van der Waals surface area contributed by atoms with Crippen molar-refractivity contribution in [2.24, 2.45) is 0 Å². The van der Waals surface area contributed by atoms with E-state index in [9.17, 15) is 9.90 Å². The number of aromatic carboxylic acids is 1. The molecule has 0 amide bonds. The van der Waals surface area contributed by atoms with Crippen LogP contribution >= 0.6 is 11.3 Å². The third-order valence-corrected chi connectivity index (χ3v) is 3.76. The Morgan fingerprint density at radius 1 is 1.44 bits per heavy atom. The molecule has 4 nitrogen and oxygen atoms in total. The Kier molecular flexibility index (Phi) is 3.62. The van der Waals surface area contributed by atoms with Crippen LogP contribution in [0.3, 0.4) is 0 Å². The van der Waals surface area contributed by atoms with E-state index in [4.69, 9.17) is 4.74 Å². The molecule has 18 heavy (non-hydrogen) atoms. The van der Waals surface area contributed by atoms with Crippen LogP contribution in [-0.2, 0) is 6.42 Å². The third kappa shape index (κ3) is 2.22. The van der Waals surface area contributed by atoms with Crippen LogP contribution in [0, 0.1) is 0 Å². The molecule has 0 unspecified atom stereocenters. The summed E-state index contributed by atoms with van der Waals surface area (Å²) < 4.78 is 5.26. The summed E-state index contributed by atoms with van der Waals surface area (Å²) in [6.45, 7) is 1.95. The number of thiazole rings is 1. The van der Waals surface area contributed by atoms with Crippen LogP contribution in [0.4, 0.5) is 0 Å². The van der Waals surface area contributed by atoms with Gasteiger partial charge < -0.3 is 9.84 Å². The number of para-hydroxylation sites is 1. The molecule has 0 bridgehead atoms. The zero-order valence-corrected chi connectivity index (χ0v) is 11.0. The number of hydrogen-bond acceptors (Lipinski definition) is 4. The number of carbonyl (C=O) groups is 1. The van der Waals surface area contributed by atoms with Crippen LogP contribution < -0.4 is 4.74 Å². The van der Waals surface area contributed by atoms with E-state index in [2.05, 4.69) is 4.98 Å². The summed E-state index contributed by atoms with van der Waals surface area (Å²) >= 11 is 1.40. The summed E-state index contributed by atoms with van der Waals surface area (Å²) in [5.41, 5.74) is 0.871. The highest BCUT2D eigenvalue weighted by molar-refractivity contribution is 7.15. The number of nitrogens with zero attached hydrogens (tertiary/aromatic N) is 1. The van der Waals surface area contributed by atoms with Crippen molar-refractivity contribution in [3.8, 4) is 16.2 Å². The Hall–Kier alpha value is -1.88. The molecule has 1 N–H and O–H groups in total. The first-order valence-corrected chi connectivity index (χ1v) is 6.35. The lowest BCUT2D eigenvalue weighted by molar-refractivity contribution is 0.0692. The first kappa shape index (κ1) is 12.6. The van der Waals surface area contributed by atoms with Crippen molar-refractivity contribution in [1.82, 2.24) is 4.98 Å². The number of aromatic nitrogens is 1. The van der Waals surface area contributed by atoms with Crippen molar-refractivity contribution in [3.63, 3.8) is 0 Å². The van der Waals surface area contributed by atoms with Gasteiger partial charge in [-0.2, -0.15) is 0 Å². The van der Waals surface area contributed by atoms with Crippen LogP contribution in [0.2, 0.25) is 0 Å². The van der Waals surface area contributed by atoms with Crippen LogP contribution in [0.15, 0.2) is 24.3 Å². The maximum atomic E-state index is 11.2. The molecule has 0 atom stereocenters. The van der Waals surface area contributed by atoms with Crippen molar-refractivity contribution in [2.75, 3.05) is 7.11 Å². The first-order chi connectivity index (χ1) is 8.67. The monoisotopic (exact) mass is 263 g/mol. The summed E-state index contributed by atoms with van der Waals surface area (Å²) in [4.78, 5) is 16.0. The fourth-order valence-corrected chi connectivity index (χ4v) is 2.70. The standard InChI is InChI=1S/C13H13NO3S/c1-3-10-14-11(13(15)16)12(18-10)8-6-4-5-7-9(8)17-2/h4-7H,3H2,1-2H3,(H,15,16). The van der Waals surface area contributed by atoms with Gasteiger partial charge in [-0.15, -0.1) is 11.3 Å². The maximum absolute atomic E-state index is 11.2. The minimum atomic E-state index is -1.01. The molecule has 0 aliphatic rings. The number of rotatable bonds is 4. The Labute approximate surface area is 109 Å². The quantitative estimate of drug-likeness (QED) is 0.920. The summed E-state index contributed by atoms with van der Waals surface area (Å²) in [6.07, 6.45) is 0.722. The lowest BCUT2D eigenvalue weighted by atomic mass is 10.1. The molecule has 0 radical (unpaired) electrons. The molecule has 1 aromatic heterocycles. The zero-order chi connectivity index (χ0) is 13.1. The average molecular weight is 263 g/mol. The lowest BCUT2D eigenvalue weighted by Crippen LogP contribution is -1.99. The van der Waals surface area contributed by atoms with Crippen LogP contribution in [0.25, 0.3) is 10.4 Å². The number of carboxylic acids is 1. The number of methoxy groups -OCH3 is 1. The van der Waals surface area contributed by atoms with E-state index >= 15 is 0 Å². The highest BCUT2D eigenvalue weighted by Crippen LogP contribution is 2.36. The Morgan fingerprint density at radius 2 is 2.17 bits per heavy atom. The summed E-state index contributed by atoms with van der Waals surface area (Å²) in [7, 11) is 1.57. The van der Waals surface area contributed by atoms with Gasteiger partial charge in [-0.3, -0.25) is 0 Å². The van der Waals surface area contributed by atoms with E-state index in [1.807, 2.05) is 31.2 Å². The largest absolute Gasteiger partial charge is 0.496 e. The normalized spacial score (nSPS) is 10.3. The average Bonchev–Trinajstić information content (AvgIpc) is 2.83. The van der Waals surface area contributed by atoms with E-state index in [1.54, 1.807) is 7.11 Å². The molecule has 0 spiro atoms. The highest BCUT2D eigenvalue weighted by Gasteiger charge is 2.20. The van der Waals surface area contributed by atoms with Gasteiger partial charge in [0, 0.05) is 5.56 Å². The van der Waals surface area contributed by atoms with Gasteiger partial charge in [-0.1, -0.05) is 19.1 Å². The van der Waals surface area contributed by atoms with Gasteiger partial charge in [-0.25, -0.2) is 9.78 Å². The van der Waals surface area contributed by atoms with Crippen molar-refractivity contribution in [3.05, 3.63) is 35.0 Å². The number of hydrogen-bond donors (Lipinski definition) is 1. The topological polar surface area (TPSA) is 59.4 Å². The molecule has 0 saturated carbocycles. The van der Waals surface area contributed by atoms with Gasteiger partial charge in [0.25, 0.3) is 0 Å². The van der Waals surface area contributed by atoms with E-state index in [1.165, 1.54) is 11.3 Å². The summed E-state index contributed by atoms with van der Waals surface area (Å²) in [6, 6.07) is 7.36. The van der Waals surface area contributed by atoms with E-state index in [0.717, 1.165) is 17.0 Å². The minimum absolute atomic E-state index is 0.0985. The number of aryl methyl sites for hydroxylation is 1. The number of ether oxygens (including phenoxy) is 1. The first-order valence-electron chi connectivity index (χ1n) is 5.53. The van der Waals surface area contributed by atoms with Crippen LogP contribution in [-0.4, -0.2) is 23.2 Å². The zero-order valence-electron chi connectivity index (χ0n) is 10.1. The fraction of sp³-hybridized carbons (Fsp3) is 0.231. The van der Waals surface area contributed by atoms with Crippen molar-refractivity contribution >= 4 is 17.3 Å². The molecule has 94 valence electrons. The smallest absolute Gasteiger partial charge is 0.356 e. The fourth-order valence-electron chi connectivity index (χ4n) is 1.68. The molecular formula is C13H13NO3S. The van der Waals surface area contributed by atoms with Gasteiger partial charge in [0.05, 0.1) is 17.0 Å². The maximum Gasteiger partial charge on any atom is 0.356 e. The molecule has 1 heterocycles. The number of benzene rings is 1. The predicted molar refractivity (Wildman–Crippen MR) is 70.4 cm³/mol. The molecule has 0 aliphatic heterocycles. The molecule has 1 aromatic carbocycles. The van der Waals surface area contributed by atoms with Gasteiger partial charge in [0.2, 0.25) is 0 Å². The van der Waals surface area contributed by atoms with Crippen LogP contribution in [0.5, 0.6) is 5.75 Å². The van der Waals surface area contributed by atoms with E-state index in [0.29, 0.717) is 10.6 Å². The Bertz CT molecular complexity index is 577. The van der Waals surface area contributed by atoms with E-state index < -0.39 is 5.97 Å². The minimum Gasteiger partial charge on any atom is -0.496 e. The van der Waals surface area contributed by atoms with Crippen molar-refractivity contribution in [2.45, 2.75) is 13.3 Å².